The quantitative estimate of drug-likeness (QED) is 0.559. The number of carbonyl (C=O) groups excluding carboxylic acids is 1. The van der Waals surface area contributed by atoms with Gasteiger partial charge in [0.15, 0.2) is 0 Å². The summed E-state index contributed by atoms with van der Waals surface area (Å²) in [4.78, 5) is 22.5. The van der Waals surface area contributed by atoms with Gasteiger partial charge in [-0.25, -0.2) is 4.79 Å². The van der Waals surface area contributed by atoms with Gasteiger partial charge in [-0.1, -0.05) is 12.1 Å². The minimum Gasteiger partial charge on any atom is -0.480 e. The Hall–Kier alpha value is -1.92. The van der Waals surface area contributed by atoms with E-state index in [0.717, 1.165) is 0 Å². The number of aliphatic hydroxyl groups is 2. The third kappa shape index (κ3) is 3.83. The topological polar surface area (TPSA) is 107 Å². The smallest absolute Gasteiger partial charge is 0.326 e. The average molecular weight is 253 g/mol. The first-order valence-electron chi connectivity index (χ1n) is 5.42. The number of aliphatic hydroxyl groups excluding tert-OH is 2. The molecule has 0 spiro atoms. The van der Waals surface area contributed by atoms with Crippen molar-refractivity contribution in [1.29, 1.82) is 0 Å². The fraction of sp³-hybridized carbons (Fsp3) is 0.333. The van der Waals surface area contributed by atoms with E-state index < -0.39 is 17.9 Å². The van der Waals surface area contributed by atoms with E-state index in [1.807, 2.05) is 0 Å². The van der Waals surface area contributed by atoms with Crippen LogP contribution in [0.3, 0.4) is 0 Å². The number of carboxylic acids is 1. The lowest BCUT2D eigenvalue weighted by Gasteiger charge is -2.13. The van der Waals surface area contributed by atoms with Crippen LogP contribution < -0.4 is 5.32 Å². The van der Waals surface area contributed by atoms with Gasteiger partial charge in [-0.2, -0.15) is 0 Å². The molecule has 1 atom stereocenters. The van der Waals surface area contributed by atoms with Crippen LogP contribution in [-0.4, -0.2) is 39.8 Å². The van der Waals surface area contributed by atoms with E-state index in [0.29, 0.717) is 11.1 Å². The fourth-order valence-corrected chi connectivity index (χ4v) is 1.39. The molecule has 0 fully saturated rings. The monoisotopic (exact) mass is 253 g/mol. The van der Waals surface area contributed by atoms with Crippen molar-refractivity contribution < 1.29 is 24.9 Å². The van der Waals surface area contributed by atoms with Gasteiger partial charge in [0.2, 0.25) is 0 Å². The second-order valence-corrected chi connectivity index (χ2v) is 3.73. The van der Waals surface area contributed by atoms with Gasteiger partial charge in [0.25, 0.3) is 5.91 Å². The summed E-state index contributed by atoms with van der Waals surface area (Å²) in [7, 11) is 0. The Morgan fingerprint density at radius 1 is 1.17 bits per heavy atom. The first kappa shape index (κ1) is 14.1. The van der Waals surface area contributed by atoms with Crippen molar-refractivity contribution in [1.82, 2.24) is 5.32 Å². The van der Waals surface area contributed by atoms with E-state index in [1.54, 1.807) is 12.1 Å². The van der Waals surface area contributed by atoms with Crippen LogP contribution in [0.2, 0.25) is 0 Å². The first-order chi connectivity index (χ1) is 8.58. The molecule has 0 heterocycles. The molecule has 0 aliphatic heterocycles. The molecule has 0 aliphatic rings. The highest BCUT2D eigenvalue weighted by molar-refractivity contribution is 5.96. The van der Waals surface area contributed by atoms with Gasteiger partial charge in [-0.05, 0) is 17.7 Å². The molecule has 0 aliphatic carbocycles. The zero-order chi connectivity index (χ0) is 13.5. The first-order valence-corrected chi connectivity index (χ1v) is 5.42. The average Bonchev–Trinajstić information content (AvgIpc) is 2.38. The Bertz CT molecular complexity index is 415. The van der Waals surface area contributed by atoms with Gasteiger partial charge in [-0.15, -0.1) is 0 Å². The van der Waals surface area contributed by atoms with Crippen LogP contribution in [0, 0.1) is 0 Å². The van der Waals surface area contributed by atoms with E-state index in [9.17, 15) is 9.59 Å². The number of benzene rings is 1. The standard InChI is InChI=1S/C12H15NO5/c14-6-5-10(12(17)18)13-11(16)9-3-1-8(7-15)2-4-9/h1-4,10,14-15H,5-7H2,(H,13,16)(H,17,18)/t10-/m0/s1. The summed E-state index contributed by atoms with van der Waals surface area (Å²) in [6.07, 6.45) is -0.0458. The molecule has 0 saturated heterocycles. The molecule has 6 heteroatoms. The van der Waals surface area contributed by atoms with Crippen molar-refractivity contribution in [3.8, 4) is 0 Å². The Morgan fingerprint density at radius 2 is 1.78 bits per heavy atom. The Morgan fingerprint density at radius 3 is 2.22 bits per heavy atom. The number of amides is 1. The lowest BCUT2D eigenvalue weighted by atomic mass is 10.1. The maximum absolute atomic E-state index is 11.7. The maximum atomic E-state index is 11.7. The summed E-state index contributed by atoms with van der Waals surface area (Å²) in [6.45, 7) is -0.440. The van der Waals surface area contributed by atoms with Crippen molar-refractivity contribution in [3.05, 3.63) is 35.4 Å². The van der Waals surface area contributed by atoms with Gasteiger partial charge >= 0.3 is 5.97 Å². The van der Waals surface area contributed by atoms with Crippen molar-refractivity contribution in [2.45, 2.75) is 19.1 Å². The van der Waals surface area contributed by atoms with E-state index >= 15 is 0 Å². The zero-order valence-corrected chi connectivity index (χ0v) is 9.67. The number of hydrogen-bond acceptors (Lipinski definition) is 4. The van der Waals surface area contributed by atoms with Crippen LogP contribution in [-0.2, 0) is 11.4 Å². The van der Waals surface area contributed by atoms with Gasteiger partial charge in [0, 0.05) is 18.6 Å². The highest BCUT2D eigenvalue weighted by Gasteiger charge is 2.19. The summed E-state index contributed by atoms with van der Waals surface area (Å²) in [5.74, 6) is -1.72. The molecule has 6 nitrogen and oxygen atoms in total. The molecule has 1 rings (SSSR count). The molecular weight excluding hydrogens is 238 g/mol. The molecule has 0 aromatic heterocycles. The SMILES string of the molecule is O=C(N[C@@H](CCO)C(=O)O)c1ccc(CO)cc1. The van der Waals surface area contributed by atoms with Crippen molar-refractivity contribution in [2.75, 3.05) is 6.61 Å². The lowest BCUT2D eigenvalue weighted by Crippen LogP contribution is -2.41. The van der Waals surface area contributed by atoms with Crippen LogP contribution in [0.4, 0.5) is 0 Å². The third-order valence-electron chi connectivity index (χ3n) is 2.42. The molecule has 1 amide bonds. The number of aliphatic carboxylic acids is 1. The Labute approximate surface area is 104 Å². The minimum absolute atomic E-state index is 0.0458. The van der Waals surface area contributed by atoms with E-state index in [1.165, 1.54) is 12.1 Å². The maximum Gasteiger partial charge on any atom is 0.326 e. The van der Waals surface area contributed by atoms with Crippen molar-refractivity contribution in [2.24, 2.45) is 0 Å². The molecule has 18 heavy (non-hydrogen) atoms. The highest BCUT2D eigenvalue weighted by atomic mass is 16.4. The van der Waals surface area contributed by atoms with Crippen molar-refractivity contribution >= 4 is 11.9 Å². The third-order valence-corrected chi connectivity index (χ3v) is 2.42. The molecular formula is C12H15NO5. The van der Waals surface area contributed by atoms with Gasteiger partial charge in [-0.3, -0.25) is 4.79 Å². The summed E-state index contributed by atoms with van der Waals surface area (Å²) in [5, 5.41) is 28.7. The summed E-state index contributed by atoms with van der Waals surface area (Å²) in [6, 6.07) is 5.05. The van der Waals surface area contributed by atoms with Gasteiger partial charge in [0.05, 0.1) is 6.61 Å². The summed E-state index contributed by atoms with van der Waals surface area (Å²) < 4.78 is 0. The second-order valence-electron chi connectivity index (χ2n) is 3.73. The molecule has 0 saturated carbocycles. The molecule has 0 radical (unpaired) electrons. The minimum atomic E-state index is -1.19. The Balaban J connectivity index is 2.70. The van der Waals surface area contributed by atoms with Crippen LogP contribution in [0.25, 0.3) is 0 Å². The van der Waals surface area contributed by atoms with E-state index in [-0.39, 0.29) is 19.6 Å². The zero-order valence-electron chi connectivity index (χ0n) is 9.67. The number of nitrogens with one attached hydrogen (secondary N) is 1. The van der Waals surface area contributed by atoms with Crippen molar-refractivity contribution in [3.63, 3.8) is 0 Å². The van der Waals surface area contributed by atoms with Crippen LogP contribution in [0.1, 0.15) is 22.3 Å². The van der Waals surface area contributed by atoms with Crippen LogP contribution in [0.5, 0.6) is 0 Å². The van der Waals surface area contributed by atoms with E-state index in [2.05, 4.69) is 5.32 Å². The number of hydrogen-bond donors (Lipinski definition) is 4. The van der Waals surface area contributed by atoms with Crippen LogP contribution in [0.15, 0.2) is 24.3 Å². The summed E-state index contributed by atoms with van der Waals surface area (Å²) >= 11 is 0. The predicted octanol–water partition coefficient (Wildman–Crippen LogP) is -0.256. The highest BCUT2D eigenvalue weighted by Crippen LogP contribution is 2.05. The number of rotatable bonds is 6. The largest absolute Gasteiger partial charge is 0.480 e. The number of carboxylic acid groups (broad SMARTS) is 1. The van der Waals surface area contributed by atoms with Gasteiger partial charge in [0.1, 0.15) is 6.04 Å². The molecule has 0 unspecified atom stereocenters. The molecule has 1 aromatic rings. The van der Waals surface area contributed by atoms with Gasteiger partial charge < -0.3 is 20.6 Å². The predicted molar refractivity (Wildman–Crippen MR) is 63.0 cm³/mol. The normalized spacial score (nSPS) is 11.9. The fourth-order valence-electron chi connectivity index (χ4n) is 1.39. The second kappa shape index (κ2) is 6.73. The van der Waals surface area contributed by atoms with Crippen LogP contribution >= 0.6 is 0 Å². The summed E-state index contributed by atoms with van der Waals surface area (Å²) in [5.41, 5.74) is 0.966. The number of carbonyl (C=O) groups is 2. The molecule has 4 N–H and O–H groups in total. The van der Waals surface area contributed by atoms with E-state index in [4.69, 9.17) is 15.3 Å². The lowest BCUT2D eigenvalue weighted by molar-refractivity contribution is -0.139. The molecule has 98 valence electrons. The molecule has 0 bridgehead atoms. The molecule has 1 aromatic carbocycles. The Kier molecular flexibility index (Phi) is 5.29.